The van der Waals surface area contributed by atoms with Gasteiger partial charge in [-0.25, -0.2) is 13.1 Å². The number of carbonyl (C=O) groups excluding carboxylic acids is 1. The summed E-state index contributed by atoms with van der Waals surface area (Å²) in [6.07, 6.45) is 0.932. The Balaban J connectivity index is 0.00000288. The highest BCUT2D eigenvalue weighted by Gasteiger charge is 2.35. The Morgan fingerprint density at radius 3 is 2.38 bits per heavy atom. The number of sulfonamides is 1. The van der Waals surface area contributed by atoms with Crippen molar-refractivity contribution in [3.8, 4) is 0 Å². The summed E-state index contributed by atoms with van der Waals surface area (Å²) in [6.45, 7) is 3.10. The van der Waals surface area contributed by atoms with Gasteiger partial charge in [0, 0.05) is 26.3 Å². The van der Waals surface area contributed by atoms with Crippen molar-refractivity contribution >= 4 is 28.3 Å². The average molecular weight is 378 g/mol. The van der Waals surface area contributed by atoms with Gasteiger partial charge in [-0.2, -0.15) is 0 Å². The standard InChI is InChI=1S/C15H23N3O4S.ClH/c1-12-2-4-13(5-3-12)23(20,21)18-9-8-17-14(19)15(16)6-10-22-11-7-15;/h2-5,18H,6-11,16H2,1H3,(H,17,19);1H. The van der Waals surface area contributed by atoms with Gasteiger partial charge >= 0.3 is 0 Å². The second-order valence-corrected chi connectivity index (χ2v) is 7.50. The Bertz CT molecular complexity index is 643. The Hall–Kier alpha value is -1.19. The molecular weight excluding hydrogens is 354 g/mol. The van der Waals surface area contributed by atoms with Gasteiger partial charge in [-0.1, -0.05) is 17.7 Å². The fourth-order valence-corrected chi connectivity index (χ4v) is 3.33. The summed E-state index contributed by atoms with van der Waals surface area (Å²) >= 11 is 0. The summed E-state index contributed by atoms with van der Waals surface area (Å²) in [5.74, 6) is -0.268. The maximum atomic E-state index is 12.1. The molecule has 1 amide bonds. The van der Waals surface area contributed by atoms with Crippen LogP contribution in [0.3, 0.4) is 0 Å². The third kappa shape index (κ3) is 5.42. The molecule has 1 aliphatic heterocycles. The molecule has 0 saturated carbocycles. The van der Waals surface area contributed by atoms with Crippen LogP contribution in [-0.2, 0) is 19.6 Å². The van der Waals surface area contributed by atoms with E-state index in [9.17, 15) is 13.2 Å². The van der Waals surface area contributed by atoms with E-state index in [0.717, 1.165) is 5.56 Å². The molecule has 9 heteroatoms. The van der Waals surface area contributed by atoms with Gasteiger partial charge in [0.1, 0.15) is 0 Å². The zero-order chi connectivity index (χ0) is 16.9. The van der Waals surface area contributed by atoms with Crippen LogP contribution in [0.5, 0.6) is 0 Å². The average Bonchev–Trinajstić information content (AvgIpc) is 2.52. The summed E-state index contributed by atoms with van der Waals surface area (Å²) in [5, 5.41) is 2.68. The van der Waals surface area contributed by atoms with Crippen molar-refractivity contribution in [2.75, 3.05) is 26.3 Å². The lowest BCUT2D eigenvalue weighted by Gasteiger charge is -2.31. The molecule has 0 spiro atoms. The van der Waals surface area contributed by atoms with Gasteiger partial charge in [0.2, 0.25) is 15.9 Å². The molecule has 0 bridgehead atoms. The lowest BCUT2D eigenvalue weighted by molar-refractivity contribution is -0.129. The van der Waals surface area contributed by atoms with Crippen LogP contribution in [0.1, 0.15) is 18.4 Å². The van der Waals surface area contributed by atoms with E-state index in [0.29, 0.717) is 26.1 Å². The molecule has 1 aliphatic rings. The van der Waals surface area contributed by atoms with Crippen LogP contribution >= 0.6 is 12.4 Å². The quantitative estimate of drug-likeness (QED) is 0.618. The first kappa shape index (κ1) is 20.9. The van der Waals surface area contributed by atoms with E-state index >= 15 is 0 Å². The van der Waals surface area contributed by atoms with Crippen LogP contribution in [0.2, 0.25) is 0 Å². The normalized spacial score (nSPS) is 16.9. The molecule has 24 heavy (non-hydrogen) atoms. The lowest BCUT2D eigenvalue weighted by atomic mass is 9.90. The highest BCUT2D eigenvalue weighted by Crippen LogP contribution is 2.17. The Labute approximate surface area is 148 Å². The van der Waals surface area contributed by atoms with Gasteiger partial charge in [0.25, 0.3) is 0 Å². The molecule has 4 N–H and O–H groups in total. The van der Waals surface area contributed by atoms with E-state index in [4.69, 9.17) is 10.5 Å². The van der Waals surface area contributed by atoms with Crippen molar-refractivity contribution in [2.24, 2.45) is 5.73 Å². The number of benzene rings is 1. The van der Waals surface area contributed by atoms with Crippen LogP contribution < -0.4 is 15.8 Å². The molecule has 0 aliphatic carbocycles. The fourth-order valence-electron chi connectivity index (χ4n) is 2.30. The number of rotatable bonds is 6. The van der Waals surface area contributed by atoms with Crippen LogP contribution in [0.25, 0.3) is 0 Å². The van der Waals surface area contributed by atoms with Crippen molar-refractivity contribution in [1.82, 2.24) is 10.0 Å². The molecule has 7 nitrogen and oxygen atoms in total. The molecular formula is C15H24ClN3O4S. The molecule has 136 valence electrons. The third-order valence-electron chi connectivity index (χ3n) is 3.87. The molecule has 0 unspecified atom stereocenters. The number of amides is 1. The molecule has 2 rings (SSSR count). The topological polar surface area (TPSA) is 111 Å². The van der Waals surface area contributed by atoms with Gasteiger partial charge in [-0.3, -0.25) is 4.79 Å². The van der Waals surface area contributed by atoms with Gasteiger partial charge < -0.3 is 15.8 Å². The second kappa shape index (κ2) is 8.77. The number of nitrogens with one attached hydrogen (secondary N) is 2. The Kier molecular flexibility index (Phi) is 7.62. The number of nitrogens with two attached hydrogens (primary N) is 1. The van der Waals surface area contributed by atoms with Crippen molar-refractivity contribution in [3.05, 3.63) is 29.8 Å². The van der Waals surface area contributed by atoms with Crippen molar-refractivity contribution in [2.45, 2.75) is 30.2 Å². The molecule has 1 saturated heterocycles. The van der Waals surface area contributed by atoms with Gasteiger partial charge in [0.05, 0.1) is 10.4 Å². The number of carbonyl (C=O) groups is 1. The first-order valence-corrected chi connectivity index (χ1v) is 9.03. The summed E-state index contributed by atoms with van der Waals surface area (Å²) in [4.78, 5) is 12.3. The monoisotopic (exact) mass is 377 g/mol. The lowest BCUT2D eigenvalue weighted by Crippen LogP contribution is -2.57. The van der Waals surface area contributed by atoms with Crippen LogP contribution in [-0.4, -0.2) is 46.2 Å². The van der Waals surface area contributed by atoms with E-state index in [1.54, 1.807) is 24.3 Å². The van der Waals surface area contributed by atoms with Crippen molar-refractivity contribution in [1.29, 1.82) is 0 Å². The fraction of sp³-hybridized carbons (Fsp3) is 0.533. The highest BCUT2D eigenvalue weighted by atomic mass is 35.5. The number of ether oxygens (including phenoxy) is 1. The molecule has 1 aromatic carbocycles. The third-order valence-corrected chi connectivity index (χ3v) is 5.35. The second-order valence-electron chi connectivity index (χ2n) is 5.74. The minimum atomic E-state index is -3.57. The number of halogens is 1. The van der Waals surface area contributed by atoms with Gasteiger partial charge in [-0.05, 0) is 31.9 Å². The summed E-state index contributed by atoms with van der Waals surface area (Å²) in [6, 6.07) is 6.57. The molecule has 0 atom stereocenters. The van der Waals surface area contributed by atoms with Crippen LogP contribution in [0.4, 0.5) is 0 Å². The summed E-state index contributed by atoms with van der Waals surface area (Å²) in [5.41, 5.74) is 6.11. The molecule has 1 heterocycles. The highest BCUT2D eigenvalue weighted by molar-refractivity contribution is 7.89. The summed E-state index contributed by atoms with van der Waals surface area (Å²) < 4.78 is 31.8. The maximum Gasteiger partial charge on any atom is 0.240 e. The van der Waals surface area contributed by atoms with E-state index in [1.165, 1.54) is 0 Å². The molecule has 0 aromatic heterocycles. The molecule has 1 fully saturated rings. The van der Waals surface area contributed by atoms with Crippen LogP contribution in [0.15, 0.2) is 29.2 Å². The van der Waals surface area contributed by atoms with Gasteiger partial charge in [-0.15, -0.1) is 12.4 Å². The Morgan fingerprint density at radius 1 is 1.21 bits per heavy atom. The first-order valence-electron chi connectivity index (χ1n) is 7.55. The first-order chi connectivity index (χ1) is 10.8. The zero-order valence-corrected chi connectivity index (χ0v) is 15.2. The van der Waals surface area contributed by atoms with Crippen LogP contribution in [0, 0.1) is 6.92 Å². The minimum absolute atomic E-state index is 0. The summed E-state index contributed by atoms with van der Waals surface area (Å²) in [7, 11) is -3.57. The Morgan fingerprint density at radius 2 is 1.79 bits per heavy atom. The van der Waals surface area contributed by atoms with E-state index in [2.05, 4.69) is 10.0 Å². The predicted octanol–water partition coefficient (Wildman–Crippen LogP) is 0.319. The SMILES string of the molecule is Cc1ccc(S(=O)(=O)NCCNC(=O)C2(N)CCOCC2)cc1.Cl. The largest absolute Gasteiger partial charge is 0.381 e. The molecule has 1 aromatic rings. The zero-order valence-electron chi connectivity index (χ0n) is 13.6. The van der Waals surface area contributed by atoms with E-state index in [1.807, 2.05) is 6.92 Å². The smallest absolute Gasteiger partial charge is 0.240 e. The minimum Gasteiger partial charge on any atom is -0.381 e. The number of aryl methyl sites for hydroxylation is 1. The maximum absolute atomic E-state index is 12.1. The van der Waals surface area contributed by atoms with Crippen molar-refractivity contribution < 1.29 is 17.9 Å². The van der Waals surface area contributed by atoms with E-state index < -0.39 is 15.6 Å². The van der Waals surface area contributed by atoms with Crippen molar-refractivity contribution in [3.63, 3.8) is 0 Å². The number of hydrogen-bond acceptors (Lipinski definition) is 5. The molecule has 0 radical (unpaired) electrons. The van der Waals surface area contributed by atoms with E-state index in [-0.39, 0.29) is 36.3 Å². The van der Waals surface area contributed by atoms with Gasteiger partial charge in [0.15, 0.2) is 0 Å². The number of hydrogen-bond donors (Lipinski definition) is 3. The predicted molar refractivity (Wildman–Crippen MR) is 93.6 cm³/mol.